The molecule has 0 N–H and O–H groups in total. The first-order valence-electron chi connectivity index (χ1n) is 6.89. The second-order valence-corrected chi connectivity index (χ2v) is 4.66. The number of imide groups is 1. The minimum Gasteiger partial charge on any atom is -0.289 e. The third-order valence-corrected chi connectivity index (χ3v) is 2.94. The molecule has 0 aliphatic rings. The lowest BCUT2D eigenvalue weighted by molar-refractivity contribution is -0.123. The van der Waals surface area contributed by atoms with Crippen molar-refractivity contribution in [3.63, 3.8) is 0 Å². The highest BCUT2D eigenvalue weighted by molar-refractivity contribution is 6.03. The van der Waals surface area contributed by atoms with Gasteiger partial charge in [0.1, 0.15) is 0 Å². The van der Waals surface area contributed by atoms with Gasteiger partial charge in [-0.25, -0.2) is 9.80 Å². The van der Waals surface area contributed by atoms with Crippen molar-refractivity contribution in [2.45, 2.75) is 6.92 Å². The minimum atomic E-state index is -0.558. The number of hydrogen-bond donors (Lipinski definition) is 0. The van der Waals surface area contributed by atoms with Gasteiger partial charge in [0.25, 0.3) is 5.91 Å². The molecule has 0 atom stereocenters. The Labute approximate surface area is 130 Å². The van der Waals surface area contributed by atoms with Gasteiger partial charge < -0.3 is 0 Å². The third kappa shape index (κ3) is 4.82. The fourth-order valence-corrected chi connectivity index (χ4v) is 1.85. The van der Waals surface area contributed by atoms with Crippen molar-refractivity contribution in [2.24, 2.45) is 0 Å². The van der Waals surface area contributed by atoms with Crippen molar-refractivity contribution in [2.75, 3.05) is 27.2 Å². The van der Waals surface area contributed by atoms with Crippen molar-refractivity contribution in [3.8, 4) is 0 Å². The van der Waals surface area contributed by atoms with E-state index in [2.05, 4.69) is 0 Å². The zero-order valence-corrected chi connectivity index (χ0v) is 13.0. The van der Waals surface area contributed by atoms with E-state index in [0.717, 1.165) is 10.5 Å². The zero-order chi connectivity index (χ0) is 16.5. The Hall–Kier alpha value is -2.47. The second kappa shape index (κ2) is 8.74. The second-order valence-electron chi connectivity index (χ2n) is 4.66. The molecule has 0 saturated carbocycles. The van der Waals surface area contributed by atoms with Crippen LogP contribution in [0.3, 0.4) is 0 Å². The summed E-state index contributed by atoms with van der Waals surface area (Å²) in [6, 6.07) is 8.67. The van der Waals surface area contributed by atoms with Crippen molar-refractivity contribution in [1.82, 2.24) is 14.9 Å². The summed E-state index contributed by atoms with van der Waals surface area (Å²) in [5.74, 6) is -0.558. The molecule has 6 nitrogen and oxygen atoms in total. The van der Waals surface area contributed by atoms with Gasteiger partial charge >= 0.3 is 6.03 Å². The van der Waals surface area contributed by atoms with Crippen LogP contribution >= 0.6 is 0 Å². The number of hydrogen-bond acceptors (Lipinski definition) is 4. The van der Waals surface area contributed by atoms with E-state index in [-0.39, 0.29) is 0 Å². The summed E-state index contributed by atoms with van der Waals surface area (Å²) in [6.07, 6.45) is 4.47. The number of carbonyl (C=O) groups excluding carboxylic acids is 3. The molecule has 0 heterocycles. The monoisotopic (exact) mass is 302 g/mol. The van der Waals surface area contributed by atoms with Gasteiger partial charge in [0.15, 0.2) is 0 Å². The van der Waals surface area contributed by atoms with E-state index in [1.54, 1.807) is 38.4 Å². The molecule has 0 bridgehead atoms. The summed E-state index contributed by atoms with van der Waals surface area (Å²) >= 11 is 0. The normalized spacial score (nSPS) is 10.7. The Morgan fingerprint density at radius 2 is 1.82 bits per heavy atom. The number of nitrogens with zero attached hydrogens (tertiary/aromatic N) is 3. The standard InChI is InChI=1S/C16H20N3O3/c1-4-19(17(2)3)16(22)18(12-13-20)15(21)11-10-14-8-6-5-7-9-14/h5-11H,4,12H2,1-3H3/b11-10+. The van der Waals surface area contributed by atoms with E-state index >= 15 is 0 Å². The zero-order valence-electron chi connectivity index (χ0n) is 13.0. The van der Waals surface area contributed by atoms with Crippen LogP contribution in [0.25, 0.3) is 6.08 Å². The summed E-state index contributed by atoms with van der Waals surface area (Å²) in [7, 11) is 3.38. The quantitative estimate of drug-likeness (QED) is 0.591. The summed E-state index contributed by atoms with van der Waals surface area (Å²) in [5, 5.41) is 2.92. The molecule has 0 aromatic heterocycles. The fraction of sp³-hybridized carbons (Fsp3) is 0.312. The molecule has 1 rings (SSSR count). The highest BCUT2D eigenvalue weighted by atomic mass is 16.2. The van der Waals surface area contributed by atoms with E-state index in [9.17, 15) is 14.4 Å². The van der Waals surface area contributed by atoms with Crippen LogP contribution in [0.1, 0.15) is 12.5 Å². The van der Waals surface area contributed by atoms with Gasteiger partial charge in [-0.15, -0.1) is 0 Å². The van der Waals surface area contributed by atoms with Crippen molar-refractivity contribution in [1.29, 1.82) is 0 Å². The Morgan fingerprint density at radius 3 is 2.32 bits per heavy atom. The van der Waals surface area contributed by atoms with Crippen LogP contribution in [0.2, 0.25) is 0 Å². The predicted octanol–water partition coefficient (Wildman–Crippen LogP) is 1.56. The number of rotatable bonds is 6. The SMILES string of the molecule is CCN(C(=O)N(C[C]=O)C(=O)/C=C/c1ccccc1)N(C)C. The van der Waals surface area contributed by atoms with E-state index in [1.807, 2.05) is 30.3 Å². The van der Waals surface area contributed by atoms with E-state index in [4.69, 9.17) is 0 Å². The maximum Gasteiger partial charge on any atom is 0.341 e. The highest BCUT2D eigenvalue weighted by Crippen LogP contribution is 2.05. The van der Waals surface area contributed by atoms with Gasteiger partial charge in [0.2, 0.25) is 6.29 Å². The van der Waals surface area contributed by atoms with Gasteiger partial charge in [0.05, 0.1) is 6.54 Å². The average Bonchev–Trinajstić information content (AvgIpc) is 2.51. The molecule has 22 heavy (non-hydrogen) atoms. The largest absolute Gasteiger partial charge is 0.341 e. The molecule has 6 heteroatoms. The molecule has 0 saturated heterocycles. The lowest BCUT2D eigenvalue weighted by Crippen LogP contribution is -2.51. The van der Waals surface area contributed by atoms with Gasteiger partial charge in [-0.05, 0) is 18.6 Å². The van der Waals surface area contributed by atoms with Crippen LogP contribution in [0.5, 0.6) is 0 Å². The maximum atomic E-state index is 12.3. The first kappa shape index (κ1) is 17.6. The first-order chi connectivity index (χ1) is 10.5. The molecule has 3 amide bonds. The fourth-order valence-electron chi connectivity index (χ4n) is 1.85. The van der Waals surface area contributed by atoms with Crippen LogP contribution in [-0.4, -0.2) is 60.3 Å². The van der Waals surface area contributed by atoms with E-state index in [0.29, 0.717) is 6.54 Å². The van der Waals surface area contributed by atoms with Crippen molar-refractivity contribution < 1.29 is 14.4 Å². The predicted molar refractivity (Wildman–Crippen MR) is 84.3 cm³/mol. The van der Waals surface area contributed by atoms with Gasteiger partial charge in [-0.2, -0.15) is 0 Å². The highest BCUT2D eigenvalue weighted by Gasteiger charge is 2.25. The number of amides is 3. The lowest BCUT2D eigenvalue weighted by Gasteiger charge is -2.31. The van der Waals surface area contributed by atoms with Gasteiger partial charge in [-0.1, -0.05) is 30.3 Å². The molecular formula is C16H20N3O3. The number of benzene rings is 1. The molecule has 0 aliphatic carbocycles. The molecule has 1 radical (unpaired) electrons. The van der Waals surface area contributed by atoms with Crippen LogP contribution in [-0.2, 0) is 9.59 Å². The molecule has 0 aliphatic heterocycles. The molecule has 0 spiro atoms. The molecule has 1 aromatic rings. The van der Waals surface area contributed by atoms with Crippen LogP contribution in [0.4, 0.5) is 4.79 Å². The van der Waals surface area contributed by atoms with Gasteiger partial charge in [-0.3, -0.25) is 19.5 Å². The summed E-state index contributed by atoms with van der Waals surface area (Å²) < 4.78 is 0. The molecule has 0 unspecified atom stereocenters. The first-order valence-corrected chi connectivity index (χ1v) is 6.89. The maximum absolute atomic E-state index is 12.3. The minimum absolute atomic E-state index is 0.386. The van der Waals surface area contributed by atoms with E-state index < -0.39 is 18.5 Å². The smallest absolute Gasteiger partial charge is 0.289 e. The van der Waals surface area contributed by atoms with Crippen LogP contribution < -0.4 is 0 Å². The average molecular weight is 302 g/mol. The number of urea groups is 1. The summed E-state index contributed by atoms with van der Waals surface area (Å²) in [6.45, 7) is 1.77. The van der Waals surface area contributed by atoms with Crippen LogP contribution in [0, 0.1) is 0 Å². The molecular weight excluding hydrogens is 282 g/mol. The topological polar surface area (TPSA) is 60.9 Å². The van der Waals surface area contributed by atoms with Crippen LogP contribution in [0.15, 0.2) is 36.4 Å². The van der Waals surface area contributed by atoms with Gasteiger partial charge in [0, 0.05) is 26.7 Å². The Bertz CT molecular complexity index is 541. The van der Waals surface area contributed by atoms with Crippen molar-refractivity contribution in [3.05, 3.63) is 42.0 Å². The Kier molecular flexibility index (Phi) is 6.98. The molecule has 1 aromatic carbocycles. The Balaban J connectivity index is 2.90. The molecule has 0 fully saturated rings. The van der Waals surface area contributed by atoms with E-state index in [1.165, 1.54) is 11.1 Å². The molecule has 117 valence electrons. The summed E-state index contributed by atoms with van der Waals surface area (Å²) in [5.41, 5.74) is 0.832. The lowest BCUT2D eigenvalue weighted by atomic mass is 10.2. The Morgan fingerprint density at radius 1 is 1.18 bits per heavy atom. The number of carbonyl (C=O) groups is 2. The summed E-state index contributed by atoms with van der Waals surface area (Å²) in [4.78, 5) is 36.0. The third-order valence-electron chi connectivity index (χ3n) is 2.94. The van der Waals surface area contributed by atoms with Crippen molar-refractivity contribution >= 4 is 24.3 Å². The number of hydrazine groups is 1.